The number of hydrogen-bond donors (Lipinski definition) is 2. The molecule has 5 heteroatoms. The maximum absolute atomic E-state index is 12.2. The highest BCUT2D eigenvalue weighted by molar-refractivity contribution is 5.85. The van der Waals surface area contributed by atoms with Gasteiger partial charge in [-0.15, -0.1) is 12.4 Å². The molecule has 0 bridgehead atoms. The molecule has 1 aliphatic rings. The highest BCUT2D eigenvalue weighted by Gasteiger charge is 2.29. The van der Waals surface area contributed by atoms with Crippen LogP contribution >= 0.6 is 12.4 Å². The lowest BCUT2D eigenvalue weighted by molar-refractivity contribution is -0.125. The molecule has 0 aromatic heterocycles. The third kappa shape index (κ3) is 4.70. The lowest BCUT2D eigenvalue weighted by atomic mass is 9.97. The summed E-state index contributed by atoms with van der Waals surface area (Å²) < 4.78 is 0. The number of nitrogens with zero attached hydrogens (tertiary/aromatic N) is 1. The lowest BCUT2D eigenvalue weighted by Gasteiger charge is -2.26. The fraction of sp³-hybridized carbons (Fsp3) is 0.562. The van der Waals surface area contributed by atoms with Gasteiger partial charge in [0.25, 0.3) is 0 Å². The lowest BCUT2D eigenvalue weighted by Crippen LogP contribution is -2.39. The Balaban J connectivity index is 0.00000220. The number of hydrogen-bond acceptors (Lipinski definition) is 3. The van der Waals surface area contributed by atoms with Crippen molar-refractivity contribution in [3.05, 3.63) is 35.9 Å². The summed E-state index contributed by atoms with van der Waals surface area (Å²) >= 11 is 0. The van der Waals surface area contributed by atoms with Gasteiger partial charge in [-0.3, -0.25) is 4.79 Å². The zero-order valence-electron chi connectivity index (χ0n) is 13.0. The van der Waals surface area contributed by atoms with Crippen LogP contribution in [0.3, 0.4) is 0 Å². The molecule has 1 amide bonds. The number of carbonyl (C=O) groups is 1. The summed E-state index contributed by atoms with van der Waals surface area (Å²) in [4.78, 5) is 14.4. The molecule has 3 atom stereocenters. The monoisotopic (exact) mass is 311 g/mol. The standard InChI is InChI=1S/C16H25N3O.ClH/c1-12-9-17-10-14(12)16(20)18-11-15(19(2)3)13-7-5-4-6-8-13;/h4-8,12,14-15,17H,9-11H2,1-3H3,(H,18,20);1H/t12-,14-,15?;/m1./s1. The molecule has 21 heavy (non-hydrogen) atoms. The molecule has 1 aromatic rings. The van der Waals surface area contributed by atoms with Crippen LogP contribution in [-0.4, -0.2) is 44.5 Å². The van der Waals surface area contributed by atoms with Crippen molar-refractivity contribution >= 4 is 18.3 Å². The van der Waals surface area contributed by atoms with Crippen molar-refractivity contribution in [2.24, 2.45) is 11.8 Å². The van der Waals surface area contributed by atoms with E-state index in [1.165, 1.54) is 5.56 Å². The summed E-state index contributed by atoms with van der Waals surface area (Å²) in [5.74, 6) is 0.698. The molecule has 1 aliphatic heterocycles. The van der Waals surface area contributed by atoms with Crippen molar-refractivity contribution in [3.8, 4) is 0 Å². The van der Waals surface area contributed by atoms with E-state index in [0.717, 1.165) is 13.1 Å². The summed E-state index contributed by atoms with van der Waals surface area (Å²) in [6.45, 7) is 4.52. The molecule has 1 heterocycles. The van der Waals surface area contributed by atoms with Crippen molar-refractivity contribution in [2.75, 3.05) is 33.7 Å². The zero-order chi connectivity index (χ0) is 14.5. The largest absolute Gasteiger partial charge is 0.354 e. The average Bonchev–Trinajstić information content (AvgIpc) is 2.86. The van der Waals surface area contributed by atoms with Crippen LogP contribution in [0, 0.1) is 11.8 Å². The Kier molecular flexibility index (Phi) is 7.15. The molecule has 0 saturated carbocycles. The summed E-state index contributed by atoms with van der Waals surface area (Å²) in [5, 5.41) is 6.39. The van der Waals surface area contributed by atoms with Crippen molar-refractivity contribution < 1.29 is 4.79 Å². The Morgan fingerprint density at radius 1 is 1.33 bits per heavy atom. The minimum atomic E-state index is 0. The van der Waals surface area contributed by atoms with Gasteiger partial charge in [0.15, 0.2) is 0 Å². The summed E-state index contributed by atoms with van der Waals surface area (Å²) in [7, 11) is 4.09. The normalized spacial score (nSPS) is 22.7. The molecular weight excluding hydrogens is 286 g/mol. The number of amides is 1. The number of rotatable bonds is 5. The number of likely N-dealkylation sites (N-methyl/N-ethyl adjacent to an activating group) is 1. The van der Waals surface area contributed by atoms with E-state index in [2.05, 4.69) is 34.6 Å². The quantitative estimate of drug-likeness (QED) is 0.869. The van der Waals surface area contributed by atoms with E-state index in [0.29, 0.717) is 12.5 Å². The molecule has 0 spiro atoms. The predicted molar refractivity (Wildman–Crippen MR) is 88.7 cm³/mol. The van der Waals surface area contributed by atoms with Crippen LogP contribution in [0.25, 0.3) is 0 Å². The van der Waals surface area contributed by atoms with Crippen LogP contribution < -0.4 is 10.6 Å². The number of carbonyl (C=O) groups excluding carboxylic acids is 1. The minimum Gasteiger partial charge on any atom is -0.354 e. The van der Waals surface area contributed by atoms with Crippen LogP contribution in [0.1, 0.15) is 18.5 Å². The molecule has 4 nitrogen and oxygen atoms in total. The van der Waals surface area contributed by atoms with E-state index in [-0.39, 0.29) is 30.3 Å². The van der Waals surface area contributed by atoms with Gasteiger partial charge in [-0.2, -0.15) is 0 Å². The van der Waals surface area contributed by atoms with E-state index in [1.807, 2.05) is 32.3 Å². The first-order valence-electron chi connectivity index (χ1n) is 7.29. The molecule has 1 fully saturated rings. The van der Waals surface area contributed by atoms with Crippen LogP contribution in [0.15, 0.2) is 30.3 Å². The first kappa shape index (κ1) is 18.0. The molecule has 0 radical (unpaired) electrons. The van der Waals surface area contributed by atoms with Gasteiger partial charge >= 0.3 is 0 Å². The smallest absolute Gasteiger partial charge is 0.224 e. The van der Waals surface area contributed by atoms with Crippen molar-refractivity contribution in [3.63, 3.8) is 0 Å². The molecule has 2 rings (SSSR count). The van der Waals surface area contributed by atoms with E-state index in [9.17, 15) is 4.79 Å². The summed E-state index contributed by atoms with van der Waals surface area (Å²) in [5.41, 5.74) is 1.23. The van der Waals surface area contributed by atoms with E-state index >= 15 is 0 Å². The highest BCUT2D eigenvalue weighted by atomic mass is 35.5. The van der Waals surface area contributed by atoms with Crippen molar-refractivity contribution in [2.45, 2.75) is 13.0 Å². The van der Waals surface area contributed by atoms with E-state index in [1.54, 1.807) is 0 Å². The number of benzene rings is 1. The van der Waals surface area contributed by atoms with Crippen LogP contribution in [0.2, 0.25) is 0 Å². The maximum atomic E-state index is 12.2. The van der Waals surface area contributed by atoms with Gasteiger partial charge in [0, 0.05) is 13.1 Å². The molecule has 1 saturated heterocycles. The third-order valence-corrected chi connectivity index (χ3v) is 4.13. The molecule has 0 aliphatic carbocycles. The van der Waals surface area contributed by atoms with Crippen molar-refractivity contribution in [1.29, 1.82) is 0 Å². The first-order chi connectivity index (χ1) is 9.59. The fourth-order valence-corrected chi connectivity index (χ4v) is 2.76. The Labute approximate surface area is 133 Å². The topological polar surface area (TPSA) is 44.4 Å². The number of halogens is 1. The van der Waals surface area contributed by atoms with E-state index < -0.39 is 0 Å². The van der Waals surface area contributed by atoms with Gasteiger partial charge in [0.05, 0.1) is 12.0 Å². The molecular formula is C16H26ClN3O. The molecule has 1 aromatic carbocycles. The summed E-state index contributed by atoms with van der Waals surface area (Å²) in [6.07, 6.45) is 0. The van der Waals surface area contributed by atoms with Gasteiger partial charge in [0.1, 0.15) is 0 Å². The van der Waals surface area contributed by atoms with Gasteiger partial charge < -0.3 is 15.5 Å². The Bertz CT molecular complexity index is 438. The van der Waals surface area contributed by atoms with Crippen LogP contribution in [0.5, 0.6) is 0 Å². The first-order valence-corrected chi connectivity index (χ1v) is 7.29. The average molecular weight is 312 g/mol. The van der Waals surface area contributed by atoms with Gasteiger partial charge in [-0.1, -0.05) is 37.3 Å². The Hall–Kier alpha value is -1.10. The van der Waals surface area contributed by atoms with Crippen LogP contribution in [-0.2, 0) is 4.79 Å². The third-order valence-electron chi connectivity index (χ3n) is 4.13. The molecule has 2 N–H and O–H groups in total. The maximum Gasteiger partial charge on any atom is 0.224 e. The van der Waals surface area contributed by atoms with Gasteiger partial charge in [-0.05, 0) is 32.1 Å². The predicted octanol–water partition coefficient (Wildman–Crippen LogP) is 1.68. The van der Waals surface area contributed by atoms with Gasteiger partial charge in [-0.25, -0.2) is 0 Å². The Morgan fingerprint density at radius 3 is 2.52 bits per heavy atom. The SMILES string of the molecule is C[C@@H]1CNC[C@H]1C(=O)NCC(c1ccccc1)N(C)C.Cl. The Morgan fingerprint density at radius 2 is 2.00 bits per heavy atom. The van der Waals surface area contributed by atoms with Gasteiger partial charge in [0.2, 0.25) is 5.91 Å². The van der Waals surface area contributed by atoms with Crippen LogP contribution in [0.4, 0.5) is 0 Å². The summed E-state index contributed by atoms with van der Waals surface area (Å²) in [6, 6.07) is 10.5. The zero-order valence-corrected chi connectivity index (χ0v) is 13.8. The highest BCUT2D eigenvalue weighted by Crippen LogP contribution is 2.19. The second-order valence-corrected chi connectivity index (χ2v) is 5.88. The van der Waals surface area contributed by atoms with E-state index in [4.69, 9.17) is 0 Å². The second kappa shape index (κ2) is 8.37. The minimum absolute atomic E-state index is 0. The number of nitrogens with one attached hydrogen (secondary N) is 2. The molecule has 1 unspecified atom stereocenters. The second-order valence-electron chi connectivity index (χ2n) is 5.88. The van der Waals surface area contributed by atoms with Crippen molar-refractivity contribution in [1.82, 2.24) is 15.5 Å². The fourth-order valence-electron chi connectivity index (χ4n) is 2.76. The molecule has 118 valence electrons.